The zero-order chi connectivity index (χ0) is 20.7. The predicted molar refractivity (Wildman–Crippen MR) is 112 cm³/mol. The minimum absolute atomic E-state index is 0.0117. The van der Waals surface area contributed by atoms with Gasteiger partial charge in [0.2, 0.25) is 0 Å². The molecule has 2 atom stereocenters. The summed E-state index contributed by atoms with van der Waals surface area (Å²) in [5.74, 6) is -0.650. The lowest BCUT2D eigenvalue weighted by molar-refractivity contribution is -0.153. The summed E-state index contributed by atoms with van der Waals surface area (Å²) in [4.78, 5) is 25.0. The van der Waals surface area contributed by atoms with Gasteiger partial charge in [0, 0.05) is 0 Å². The summed E-state index contributed by atoms with van der Waals surface area (Å²) in [5.41, 5.74) is 2.16. The quantitative estimate of drug-likeness (QED) is 0.444. The van der Waals surface area contributed by atoms with Crippen molar-refractivity contribution in [1.29, 1.82) is 0 Å². The molecule has 152 valence electrons. The van der Waals surface area contributed by atoms with Crippen molar-refractivity contribution in [2.45, 2.75) is 51.7 Å². The number of carbonyl (C=O) groups is 2. The predicted octanol–water partition coefficient (Wildman–Crippen LogP) is 5.02. The van der Waals surface area contributed by atoms with Crippen LogP contribution in [-0.2, 0) is 32.1 Å². The van der Waals surface area contributed by atoms with Crippen molar-refractivity contribution < 1.29 is 19.1 Å². The van der Waals surface area contributed by atoms with Crippen molar-refractivity contribution in [2.75, 3.05) is 0 Å². The Morgan fingerprint density at radius 1 is 1.07 bits per heavy atom. The smallest absolute Gasteiger partial charge is 0.316 e. The van der Waals surface area contributed by atoms with Gasteiger partial charge in [-0.2, -0.15) is 0 Å². The van der Waals surface area contributed by atoms with Gasteiger partial charge in [-0.15, -0.1) is 0 Å². The van der Waals surface area contributed by atoms with Crippen molar-refractivity contribution in [3.8, 4) is 0 Å². The molecule has 1 saturated heterocycles. The molecule has 0 bridgehead atoms. The highest BCUT2D eigenvalue weighted by Gasteiger charge is 2.51. The van der Waals surface area contributed by atoms with Crippen LogP contribution in [0.4, 0.5) is 0 Å². The standard InChI is InChI=1S/C25H28O4/c1-3-25(16-10-15-20-11-6-4-7-12-20)19(2)22(29-24(25)27)17-23(26)28-18-21-13-8-5-9-14-21/h4-9,11-14,22H,2-3,10,15-18H2,1H3/t22-,25?/m0/s1. The minimum Gasteiger partial charge on any atom is -0.461 e. The van der Waals surface area contributed by atoms with Gasteiger partial charge >= 0.3 is 11.9 Å². The highest BCUT2D eigenvalue weighted by Crippen LogP contribution is 2.46. The summed E-state index contributed by atoms with van der Waals surface area (Å²) >= 11 is 0. The van der Waals surface area contributed by atoms with Crippen LogP contribution >= 0.6 is 0 Å². The van der Waals surface area contributed by atoms with Crippen LogP contribution in [-0.4, -0.2) is 18.0 Å². The molecule has 0 N–H and O–H groups in total. The molecule has 29 heavy (non-hydrogen) atoms. The van der Waals surface area contributed by atoms with E-state index in [0.717, 1.165) is 18.4 Å². The van der Waals surface area contributed by atoms with Crippen molar-refractivity contribution >= 4 is 11.9 Å². The second-order valence-corrected chi connectivity index (χ2v) is 7.54. The van der Waals surface area contributed by atoms with Gasteiger partial charge in [0.25, 0.3) is 0 Å². The summed E-state index contributed by atoms with van der Waals surface area (Å²) in [6.45, 7) is 6.34. The van der Waals surface area contributed by atoms with Crippen LogP contribution in [0.2, 0.25) is 0 Å². The molecule has 0 radical (unpaired) electrons. The molecule has 4 heteroatoms. The van der Waals surface area contributed by atoms with Crippen molar-refractivity contribution in [2.24, 2.45) is 5.41 Å². The lowest BCUT2D eigenvalue weighted by atomic mass is 9.74. The van der Waals surface area contributed by atoms with Gasteiger partial charge in [0.15, 0.2) is 0 Å². The van der Waals surface area contributed by atoms with E-state index < -0.39 is 11.5 Å². The molecule has 1 aliphatic heterocycles. The molecule has 4 nitrogen and oxygen atoms in total. The summed E-state index contributed by atoms with van der Waals surface area (Å²) in [5, 5.41) is 0. The minimum atomic E-state index is -0.709. The molecule has 0 aliphatic carbocycles. The Morgan fingerprint density at radius 2 is 1.69 bits per heavy atom. The van der Waals surface area contributed by atoms with Crippen molar-refractivity contribution in [3.05, 3.63) is 83.9 Å². The molecular formula is C25H28O4. The summed E-state index contributed by atoms with van der Waals surface area (Å²) in [7, 11) is 0. The fourth-order valence-corrected chi connectivity index (χ4v) is 3.92. The Hall–Kier alpha value is -2.88. The molecule has 1 aliphatic rings. The van der Waals surface area contributed by atoms with Crippen LogP contribution < -0.4 is 0 Å². The maximum atomic E-state index is 12.7. The largest absolute Gasteiger partial charge is 0.461 e. The summed E-state index contributed by atoms with van der Waals surface area (Å²) in [6, 6.07) is 19.7. The van der Waals surface area contributed by atoms with E-state index in [0.29, 0.717) is 18.4 Å². The number of esters is 2. The van der Waals surface area contributed by atoms with Gasteiger partial charge in [-0.05, 0) is 42.4 Å². The van der Waals surface area contributed by atoms with Crippen LogP contribution in [0.1, 0.15) is 43.7 Å². The molecule has 0 saturated carbocycles. The zero-order valence-corrected chi connectivity index (χ0v) is 16.9. The maximum Gasteiger partial charge on any atom is 0.316 e. The third-order valence-electron chi connectivity index (χ3n) is 5.75. The second kappa shape index (κ2) is 9.55. The van der Waals surface area contributed by atoms with Crippen molar-refractivity contribution in [1.82, 2.24) is 0 Å². The van der Waals surface area contributed by atoms with Crippen molar-refractivity contribution in [3.63, 3.8) is 0 Å². The SMILES string of the molecule is C=C1[C@H](CC(=O)OCc2ccccc2)OC(=O)C1(CC)CCCc1ccccc1. The molecule has 0 spiro atoms. The normalized spacial score (nSPS) is 21.1. The molecule has 3 rings (SSSR count). The highest BCUT2D eigenvalue weighted by atomic mass is 16.6. The molecule has 1 fully saturated rings. The number of cyclic esters (lactones) is 1. The van der Waals surface area contributed by atoms with Crippen LogP contribution in [0, 0.1) is 5.41 Å². The number of hydrogen-bond donors (Lipinski definition) is 0. The topological polar surface area (TPSA) is 52.6 Å². The molecule has 0 aromatic heterocycles. The van der Waals surface area contributed by atoms with Crippen LogP contribution in [0.25, 0.3) is 0 Å². The van der Waals surface area contributed by atoms with E-state index in [1.807, 2.05) is 55.5 Å². The first kappa shape index (κ1) is 20.8. The molecule has 1 heterocycles. The summed E-state index contributed by atoms with van der Waals surface area (Å²) in [6.07, 6.45) is 2.45. The Balaban J connectivity index is 1.55. The number of carbonyl (C=O) groups excluding carboxylic acids is 2. The van der Waals surface area contributed by atoms with Gasteiger partial charge in [0.1, 0.15) is 12.7 Å². The summed E-state index contributed by atoms with van der Waals surface area (Å²) < 4.78 is 10.9. The third kappa shape index (κ3) is 4.94. The van der Waals surface area contributed by atoms with Gasteiger partial charge in [-0.25, -0.2) is 0 Å². The first-order chi connectivity index (χ1) is 14.0. The Kier molecular flexibility index (Phi) is 6.86. The van der Waals surface area contributed by atoms with E-state index in [-0.39, 0.29) is 25.0 Å². The van der Waals surface area contributed by atoms with Crippen LogP contribution in [0.15, 0.2) is 72.8 Å². The lowest BCUT2D eigenvalue weighted by Crippen LogP contribution is -2.27. The molecular weight excluding hydrogens is 364 g/mol. The van der Waals surface area contributed by atoms with Gasteiger partial charge < -0.3 is 9.47 Å². The van der Waals surface area contributed by atoms with E-state index in [1.165, 1.54) is 5.56 Å². The fraction of sp³-hybridized carbons (Fsp3) is 0.360. The Labute approximate surface area is 172 Å². The van der Waals surface area contributed by atoms with E-state index in [9.17, 15) is 9.59 Å². The van der Waals surface area contributed by atoms with Crippen LogP contribution in [0.5, 0.6) is 0 Å². The fourth-order valence-electron chi connectivity index (χ4n) is 3.92. The number of rotatable bonds is 9. The molecule has 2 aromatic carbocycles. The Morgan fingerprint density at radius 3 is 2.31 bits per heavy atom. The monoisotopic (exact) mass is 392 g/mol. The van der Waals surface area contributed by atoms with E-state index >= 15 is 0 Å². The molecule has 1 unspecified atom stereocenters. The Bertz CT molecular complexity index is 844. The zero-order valence-electron chi connectivity index (χ0n) is 16.9. The average Bonchev–Trinajstić information content (AvgIpc) is 2.98. The number of hydrogen-bond acceptors (Lipinski definition) is 4. The van der Waals surface area contributed by atoms with E-state index in [1.54, 1.807) is 0 Å². The lowest BCUT2D eigenvalue weighted by Gasteiger charge is -2.25. The van der Waals surface area contributed by atoms with Crippen LogP contribution in [0.3, 0.4) is 0 Å². The second-order valence-electron chi connectivity index (χ2n) is 7.54. The van der Waals surface area contributed by atoms with Gasteiger partial charge in [-0.3, -0.25) is 9.59 Å². The molecule has 2 aromatic rings. The van der Waals surface area contributed by atoms with E-state index in [2.05, 4.69) is 18.7 Å². The first-order valence-electron chi connectivity index (χ1n) is 10.2. The van der Waals surface area contributed by atoms with Gasteiger partial charge in [0.05, 0.1) is 11.8 Å². The maximum absolute atomic E-state index is 12.7. The van der Waals surface area contributed by atoms with E-state index in [4.69, 9.17) is 9.47 Å². The number of ether oxygens (including phenoxy) is 2. The molecule has 0 amide bonds. The number of benzene rings is 2. The number of aryl methyl sites for hydroxylation is 1. The third-order valence-corrected chi connectivity index (χ3v) is 5.75. The first-order valence-corrected chi connectivity index (χ1v) is 10.2. The average molecular weight is 392 g/mol. The van der Waals surface area contributed by atoms with Gasteiger partial charge in [-0.1, -0.05) is 74.2 Å². The highest BCUT2D eigenvalue weighted by molar-refractivity contribution is 5.85.